The molecular weight excluding hydrogens is 321 g/mol. The molecule has 1 fully saturated rings. The Morgan fingerprint density at radius 1 is 1.16 bits per heavy atom. The van der Waals surface area contributed by atoms with Crippen LogP contribution in [0.25, 0.3) is 21.9 Å². The number of hydrogen-bond donors (Lipinski definition) is 1. The number of aliphatic hydroxyl groups is 1. The normalized spacial score (nSPS) is 14.0. The highest BCUT2D eigenvalue weighted by molar-refractivity contribution is 5.96. The number of aliphatic hydroxyl groups excluding tert-OH is 1. The molecule has 1 aromatic heterocycles. The number of pyridine rings is 1. The third-order valence-electron chi connectivity index (χ3n) is 4.45. The van der Waals surface area contributed by atoms with E-state index in [4.69, 9.17) is 9.84 Å². The molecule has 4 rings (SSSR count). The standard InChI is InChI=1S/C20H18FNO3/c21-14-3-1-2-13(10-14)19-12-22(15-4-5-15)20(24)17-7-6-16(11-18(17)19)25-9-8-23/h1-3,6-7,10-12,15,23H,4-5,8-9H2. The number of fused-ring (bicyclic) bond motifs is 1. The van der Waals surface area contributed by atoms with E-state index >= 15 is 0 Å². The summed E-state index contributed by atoms with van der Waals surface area (Å²) in [6.45, 7) is 0.0952. The molecule has 5 heteroatoms. The van der Waals surface area contributed by atoms with Crippen LogP contribution in [0.1, 0.15) is 18.9 Å². The molecule has 0 spiro atoms. The van der Waals surface area contributed by atoms with Crippen LogP contribution in [-0.2, 0) is 0 Å². The molecule has 3 aromatic rings. The number of hydrogen-bond acceptors (Lipinski definition) is 3. The van der Waals surface area contributed by atoms with Crippen LogP contribution >= 0.6 is 0 Å². The van der Waals surface area contributed by atoms with Crippen LogP contribution in [0.5, 0.6) is 5.75 Å². The summed E-state index contributed by atoms with van der Waals surface area (Å²) in [5.41, 5.74) is 1.49. The lowest BCUT2D eigenvalue weighted by molar-refractivity contribution is 0.201. The second kappa shape index (κ2) is 6.33. The van der Waals surface area contributed by atoms with Crippen LogP contribution in [0.15, 0.2) is 53.5 Å². The molecule has 0 bridgehead atoms. The van der Waals surface area contributed by atoms with E-state index in [1.807, 2.05) is 12.3 Å². The average Bonchev–Trinajstić information content (AvgIpc) is 3.45. The highest BCUT2D eigenvalue weighted by atomic mass is 19.1. The van der Waals surface area contributed by atoms with Crippen molar-refractivity contribution in [2.75, 3.05) is 13.2 Å². The molecule has 25 heavy (non-hydrogen) atoms. The SMILES string of the molecule is O=c1c2ccc(OCCO)cc2c(-c2cccc(F)c2)cn1C1CC1. The molecule has 1 saturated carbocycles. The van der Waals surface area contributed by atoms with Gasteiger partial charge in [0.2, 0.25) is 0 Å². The number of benzene rings is 2. The Bertz CT molecular complexity index is 992. The summed E-state index contributed by atoms with van der Waals surface area (Å²) in [4.78, 5) is 12.8. The van der Waals surface area contributed by atoms with Gasteiger partial charge >= 0.3 is 0 Å². The van der Waals surface area contributed by atoms with Crippen molar-refractivity contribution in [1.82, 2.24) is 4.57 Å². The molecular formula is C20H18FNO3. The van der Waals surface area contributed by atoms with E-state index in [1.54, 1.807) is 28.8 Å². The van der Waals surface area contributed by atoms with Gasteiger partial charge in [0.05, 0.1) is 6.61 Å². The van der Waals surface area contributed by atoms with E-state index < -0.39 is 0 Å². The van der Waals surface area contributed by atoms with E-state index in [1.165, 1.54) is 12.1 Å². The van der Waals surface area contributed by atoms with E-state index in [-0.39, 0.29) is 30.6 Å². The summed E-state index contributed by atoms with van der Waals surface area (Å²) < 4.78 is 21.0. The third-order valence-corrected chi connectivity index (χ3v) is 4.45. The van der Waals surface area contributed by atoms with Gasteiger partial charge in [0.15, 0.2) is 0 Å². The van der Waals surface area contributed by atoms with Crippen molar-refractivity contribution in [3.05, 3.63) is 64.8 Å². The fraction of sp³-hybridized carbons (Fsp3) is 0.250. The van der Waals surface area contributed by atoms with Crippen LogP contribution in [0, 0.1) is 5.82 Å². The van der Waals surface area contributed by atoms with Crippen molar-refractivity contribution in [2.45, 2.75) is 18.9 Å². The van der Waals surface area contributed by atoms with Crippen LogP contribution in [0.2, 0.25) is 0 Å². The molecule has 1 heterocycles. The predicted octanol–water partition coefficient (Wildman–Crippen LogP) is 3.51. The summed E-state index contributed by atoms with van der Waals surface area (Å²) >= 11 is 0. The zero-order chi connectivity index (χ0) is 17.4. The molecule has 0 unspecified atom stereocenters. The fourth-order valence-corrected chi connectivity index (χ4v) is 3.10. The lowest BCUT2D eigenvalue weighted by Gasteiger charge is -2.13. The largest absolute Gasteiger partial charge is 0.491 e. The Morgan fingerprint density at radius 3 is 2.72 bits per heavy atom. The maximum absolute atomic E-state index is 13.7. The van der Waals surface area contributed by atoms with Gasteiger partial charge in [-0.2, -0.15) is 0 Å². The molecule has 0 saturated heterocycles. The molecule has 0 amide bonds. The highest BCUT2D eigenvalue weighted by Gasteiger charge is 2.26. The van der Waals surface area contributed by atoms with Gasteiger partial charge in [-0.1, -0.05) is 12.1 Å². The van der Waals surface area contributed by atoms with E-state index in [0.717, 1.165) is 29.4 Å². The van der Waals surface area contributed by atoms with Crippen molar-refractivity contribution < 1.29 is 14.2 Å². The van der Waals surface area contributed by atoms with Crippen LogP contribution in [0.4, 0.5) is 4.39 Å². The number of nitrogens with zero attached hydrogens (tertiary/aromatic N) is 1. The molecule has 2 aromatic carbocycles. The Labute approximate surface area is 144 Å². The van der Waals surface area contributed by atoms with Crippen molar-refractivity contribution in [3.8, 4) is 16.9 Å². The second-order valence-electron chi connectivity index (χ2n) is 6.28. The monoisotopic (exact) mass is 339 g/mol. The van der Waals surface area contributed by atoms with Crippen molar-refractivity contribution in [2.24, 2.45) is 0 Å². The van der Waals surface area contributed by atoms with Crippen LogP contribution in [0.3, 0.4) is 0 Å². The van der Waals surface area contributed by atoms with Gasteiger partial charge in [-0.25, -0.2) is 4.39 Å². The maximum atomic E-state index is 13.7. The summed E-state index contributed by atoms with van der Waals surface area (Å²) in [6.07, 6.45) is 3.81. The number of aromatic nitrogens is 1. The van der Waals surface area contributed by atoms with Crippen LogP contribution < -0.4 is 10.3 Å². The van der Waals surface area contributed by atoms with E-state index in [2.05, 4.69) is 0 Å². The predicted molar refractivity (Wildman–Crippen MR) is 94.5 cm³/mol. The Morgan fingerprint density at radius 2 is 2.00 bits per heavy atom. The van der Waals surface area contributed by atoms with Gasteiger partial charge in [-0.05, 0) is 48.7 Å². The lowest BCUT2D eigenvalue weighted by atomic mass is 10.00. The lowest BCUT2D eigenvalue weighted by Crippen LogP contribution is -2.19. The van der Waals surface area contributed by atoms with Crippen LogP contribution in [-0.4, -0.2) is 22.9 Å². The smallest absolute Gasteiger partial charge is 0.258 e. The first-order chi connectivity index (χ1) is 12.2. The van der Waals surface area contributed by atoms with Gasteiger partial charge in [-0.15, -0.1) is 0 Å². The molecule has 0 atom stereocenters. The van der Waals surface area contributed by atoms with E-state index in [0.29, 0.717) is 11.1 Å². The summed E-state index contributed by atoms with van der Waals surface area (Å²) in [5, 5.41) is 10.2. The molecule has 1 aliphatic rings. The zero-order valence-electron chi connectivity index (χ0n) is 13.6. The van der Waals surface area contributed by atoms with Gasteiger partial charge in [-0.3, -0.25) is 4.79 Å². The topological polar surface area (TPSA) is 51.5 Å². The Balaban J connectivity index is 1.96. The summed E-state index contributed by atoms with van der Waals surface area (Å²) in [7, 11) is 0. The number of ether oxygens (including phenoxy) is 1. The zero-order valence-corrected chi connectivity index (χ0v) is 13.6. The van der Waals surface area contributed by atoms with E-state index in [9.17, 15) is 9.18 Å². The van der Waals surface area contributed by atoms with Crippen molar-refractivity contribution in [1.29, 1.82) is 0 Å². The molecule has 128 valence electrons. The minimum Gasteiger partial charge on any atom is -0.491 e. The minimum atomic E-state index is -0.317. The molecule has 4 nitrogen and oxygen atoms in total. The first-order valence-electron chi connectivity index (χ1n) is 8.36. The molecule has 0 radical (unpaired) electrons. The molecule has 1 aliphatic carbocycles. The van der Waals surface area contributed by atoms with Gasteiger partial charge < -0.3 is 14.4 Å². The Hall–Kier alpha value is -2.66. The Kier molecular flexibility index (Phi) is 4.01. The first-order valence-corrected chi connectivity index (χ1v) is 8.36. The minimum absolute atomic E-state index is 0.0358. The average molecular weight is 339 g/mol. The number of rotatable bonds is 5. The van der Waals surface area contributed by atoms with Gasteiger partial charge in [0, 0.05) is 28.6 Å². The van der Waals surface area contributed by atoms with Crippen molar-refractivity contribution in [3.63, 3.8) is 0 Å². The second-order valence-corrected chi connectivity index (χ2v) is 6.28. The quantitative estimate of drug-likeness (QED) is 0.774. The van der Waals surface area contributed by atoms with Gasteiger partial charge in [0.25, 0.3) is 5.56 Å². The maximum Gasteiger partial charge on any atom is 0.258 e. The summed E-state index contributed by atoms with van der Waals surface area (Å²) in [6, 6.07) is 11.9. The highest BCUT2D eigenvalue weighted by Crippen LogP contribution is 2.37. The number of halogens is 1. The fourth-order valence-electron chi connectivity index (χ4n) is 3.10. The van der Waals surface area contributed by atoms with Crippen molar-refractivity contribution >= 4 is 10.8 Å². The molecule has 1 N–H and O–H groups in total. The molecule has 0 aliphatic heterocycles. The van der Waals surface area contributed by atoms with Gasteiger partial charge in [0.1, 0.15) is 18.2 Å². The third kappa shape index (κ3) is 3.03. The summed E-state index contributed by atoms with van der Waals surface area (Å²) in [5.74, 6) is 0.255. The first kappa shape index (κ1) is 15.8.